The standard InChI is InChI=1S/C33H34ClN7O8/c1-3-4-9-28-37-30(34)29(33(44)49-21(2)47-20-42)39(28)18-22-10-14-24(15-11-22)26-7-5-6-8-27(26)31(35)38-40(36)32(43)25-16-12-23(13-17-25)19-48-41(45)46/h5-8,10-17,20-21H,3-4,9,18-19,36H2,1-2H3,(H2,35,38). The van der Waals surface area contributed by atoms with E-state index in [0.717, 1.165) is 24.0 Å². The van der Waals surface area contributed by atoms with Crippen molar-refractivity contribution < 1.29 is 33.8 Å². The van der Waals surface area contributed by atoms with Crippen LogP contribution in [0.1, 0.15) is 70.1 Å². The highest BCUT2D eigenvalue weighted by Gasteiger charge is 2.25. The number of aryl methyl sites for hydroxylation is 1. The Morgan fingerprint density at radius 3 is 2.43 bits per heavy atom. The summed E-state index contributed by atoms with van der Waals surface area (Å²) in [5.41, 5.74) is 9.91. The molecule has 4 aromatic rings. The van der Waals surface area contributed by atoms with Crippen LogP contribution in [0.3, 0.4) is 0 Å². The van der Waals surface area contributed by atoms with Gasteiger partial charge in [-0.25, -0.2) is 15.6 Å². The number of benzene rings is 3. The molecule has 16 heteroatoms. The molecule has 0 aliphatic rings. The summed E-state index contributed by atoms with van der Waals surface area (Å²) in [6, 6.07) is 20.6. The summed E-state index contributed by atoms with van der Waals surface area (Å²) in [6.07, 6.45) is 1.20. The third kappa shape index (κ3) is 9.39. The van der Waals surface area contributed by atoms with Gasteiger partial charge >= 0.3 is 5.97 Å². The molecule has 1 heterocycles. The zero-order chi connectivity index (χ0) is 35.5. The van der Waals surface area contributed by atoms with Crippen molar-refractivity contribution in [2.24, 2.45) is 16.7 Å². The quantitative estimate of drug-likeness (QED) is 0.0191. The first kappa shape index (κ1) is 36.0. The SMILES string of the molecule is CCCCc1nc(Cl)c(C(=O)OC(C)OC=O)n1Cc1ccc(-c2ccccc2/C(N)=N/N(N)C(=O)c2ccc(CO[N+](=O)[O-])cc2)cc1. The number of hydrazine groups is 1. The summed E-state index contributed by atoms with van der Waals surface area (Å²) in [7, 11) is 0. The minimum absolute atomic E-state index is 0.0125. The molecule has 15 nitrogen and oxygen atoms in total. The number of hydrogen-bond acceptors (Lipinski definition) is 11. The van der Waals surface area contributed by atoms with E-state index in [2.05, 4.69) is 14.9 Å². The minimum atomic E-state index is -1.11. The molecule has 256 valence electrons. The number of aromatic nitrogens is 2. The molecule has 0 spiro atoms. The highest BCUT2D eigenvalue weighted by molar-refractivity contribution is 6.32. The zero-order valence-electron chi connectivity index (χ0n) is 26.7. The Morgan fingerprint density at radius 1 is 1.10 bits per heavy atom. The molecule has 1 unspecified atom stereocenters. The second-order valence-electron chi connectivity index (χ2n) is 10.6. The van der Waals surface area contributed by atoms with Gasteiger partial charge in [0.2, 0.25) is 6.29 Å². The number of unbranched alkanes of at least 4 members (excludes halogenated alkanes) is 1. The predicted molar refractivity (Wildman–Crippen MR) is 178 cm³/mol. The normalized spacial score (nSPS) is 11.8. The molecule has 4 rings (SSSR count). The summed E-state index contributed by atoms with van der Waals surface area (Å²) in [5, 5.41) is 14.2. The molecule has 49 heavy (non-hydrogen) atoms. The maximum atomic E-state index is 13.0. The van der Waals surface area contributed by atoms with Crippen molar-refractivity contribution in [3.8, 4) is 11.1 Å². The van der Waals surface area contributed by atoms with Gasteiger partial charge in [0, 0.05) is 31.0 Å². The third-order valence-corrected chi connectivity index (χ3v) is 7.50. The molecule has 0 aliphatic heterocycles. The third-order valence-electron chi connectivity index (χ3n) is 7.24. The highest BCUT2D eigenvalue weighted by Crippen LogP contribution is 2.26. The van der Waals surface area contributed by atoms with E-state index in [9.17, 15) is 24.5 Å². The van der Waals surface area contributed by atoms with E-state index < -0.39 is 23.3 Å². The average molecular weight is 692 g/mol. The predicted octanol–water partition coefficient (Wildman–Crippen LogP) is 4.61. The van der Waals surface area contributed by atoms with Crippen molar-refractivity contribution in [2.45, 2.75) is 52.6 Å². The first-order valence-corrected chi connectivity index (χ1v) is 15.4. The molecular weight excluding hydrogens is 658 g/mol. The fraction of sp³-hybridized carbons (Fsp3) is 0.242. The van der Waals surface area contributed by atoms with Gasteiger partial charge in [0.05, 0.1) is 0 Å². The van der Waals surface area contributed by atoms with Crippen LogP contribution in [-0.2, 0) is 38.7 Å². The van der Waals surface area contributed by atoms with Crippen molar-refractivity contribution in [3.63, 3.8) is 0 Å². The molecule has 0 radical (unpaired) electrons. The lowest BCUT2D eigenvalue weighted by molar-refractivity contribution is -0.763. The van der Waals surface area contributed by atoms with E-state index in [4.69, 9.17) is 32.7 Å². The van der Waals surface area contributed by atoms with Crippen LogP contribution in [0, 0.1) is 10.1 Å². The fourth-order valence-corrected chi connectivity index (χ4v) is 5.10. The van der Waals surface area contributed by atoms with E-state index >= 15 is 0 Å². The van der Waals surface area contributed by atoms with Gasteiger partial charge in [0.1, 0.15) is 12.4 Å². The van der Waals surface area contributed by atoms with Crippen molar-refractivity contribution in [2.75, 3.05) is 0 Å². The van der Waals surface area contributed by atoms with Crippen LogP contribution in [-0.4, -0.2) is 50.2 Å². The van der Waals surface area contributed by atoms with Gasteiger partial charge in [-0.3, -0.25) is 9.59 Å². The lowest BCUT2D eigenvalue weighted by atomic mass is 9.98. The first-order chi connectivity index (χ1) is 23.5. The number of imidazole rings is 1. The topological polar surface area (TPSA) is 207 Å². The molecule has 0 saturated carbocycles. The lowest BCUT2D eigenvalue weighted by Crippen LogP contribution is -2.35. The van der Waals surface area contributed by atoms with E-state index in [-0.39, 0.29) is 41.9 Å². The number of ether oxygens (including phenoxy) is 2. The molecule has 0 aliphatic carbocycles. The Balaban J connectivity index is 1.55. The van der Waals surface area contributed by atoms with Crippen LogP contribution >= 0.6 is 11.6 Å². The van der Waals surface area contributed by atoms with Crippen molar-refractivity contribution in [1.82, 2.24) is 14.7 Å². The largest absolute Gasteiger partial charge is 0.428 e. The Kier molecular flexibility index (Phi) is 12.4. The van der Waals surface area contributed by atoms with Gasteiger partial charge in [-0.15, -0.1) is 15.2 Å². The number of rotatable bonds is 16. The highest BCUT2D eigenvalue weighted by atomic mass is 35.5. The zero-order valence-corrected chi connectivity index (χ0v) is 27.4. The molecule has 1 aromatic heterocycles. The number of hydrazone groups is 1. The number of nitrogens with two attached hydrogens (primary N) is 2. The Morgan fingerprint density at radius 2 is 1.78 bits per heavy atom. The Hall–Kier alpha value is -5.80. The molecule has 0 fully saturated rings. The maximum absolute atomic E-state index is 13.0. The van der Waals surface area contributed by atoms with Gasteiger partial charge in [-0.1, -0.05) is 85.6 Å². The monoisotopic (exact) mass is 691 g/mol. The minimum Gasteiger partial charge on any atom is -0.428 e. The van der Waals surface area contributed by atoms with Crippen LogP contribution < -0.4 is 11.6 Å². The van der Waals surface area contributed by atoms with Gasteiger partial charge in [0.25, 0.3) is 17.5 Å². The molecule has 0 saturated heterocycles. The number of carbonyl (C=O) groups is 3. The van der Waals surface area contributed by atoms with Gasteiger partial charge in [-0.2, -0.15) is 5.12 Å². The molecule has 0 bridgehead atoms. The summed E-state index contributed by atoms with van der Waals surface area (Å²) < 4.78 is 11.6. The molecule has 4 N–H and O–H groups in total. The van der Waals surface area contributed by atoms with Crippen molar-refractivity contribution in [1.29, 1.82) is 0 Å². The van der Waals surface area contributed by atoms with E-state index in [0.29, 0.717) is 34.1 Å². The van der Waals surface area contributed by atoms with Crippen LogP contribution in [0.5, 0.6) is 0 Å². The number of esters is 1. The van der Waals surface area contributed by atoms with Gasteiger partial charge in [-0.05, 0) is 40.8 Å². The molecular formula is C33H34ClN7O8. The summed E-state index contributed by atoms with van der Waals surface area (Å²) in [6.45, 7) is 3.64. The second-order valence-corrected chi connectivity index (χ2v) is 11.0. The lowest BCUT2D eigenvalue weighted by Gasteiger charge is -2.15. The molecule has 1 amide bonds. The number of amides is 1. The smallest absolute Gasteiger partial charge is 0.361 e. The number of amidine groups is 1. The van der Waals surface area contributed by atoms with Crippen molar-refractivity contribution >= 4 is 35.8 Å². The maximum Gasteiger partial charge on any atom is 0.361 e. The summed E-state index contributed by atoms with van der Waals surface area (Å²) in [5.74, 6) is 5.12. The number of carbonyl (C=O) groups excluding carboxylic acids is 3. The number of halogens is 1. The Labute approximate surface area is 286 Å². The van der Waals surface area contributed by atoms with Gasteiger partial charge in [0.15, 0.2) is 16.7 Å². The molecule has 1 atom stereocenters. The van der Waals surface area contributed by atoms with E-state index in [1.807, 2.05) is 43.3 Å². The average Bonchev–Trinajstić information content (AvgIpc) is 3.40. The molecule has 3 aromatic carbocycles. The van der Waals surface area contributed by atoms with E-state index in [1.165, 1.54) is 31.2 Å². The van der Waals surface area contributed by atoms with Gasteiger partial charge < -0.3 is 24.6 Å². The van der Waals surface area contributed by atoms with Crippen molar-refractivity contribution in [3.05, 3.63) is 122 Å². The Bertz CT molecular complexity index is 1830. The first-order valence-electron chi connectivity index (χ1n) is 15.1. The van der Waals surface area contributed by atoms with Crippen LogP contribution in [0.2, 0.25) is 5.15 Å². The summed E-state index contributed by atoms with van der Waals surface area (Å²) in [4.78, 5) is 55.7. The second kappa shape index (κ2) is 16.9. The van der Waals surface area contributed by atoms with Crippen LogP contribution in [0.15, 0.2) is 77.9 Å². The number of hydrogen-bond donors (Lipinski definition) is 2. The van der Waals surface area contributed by atoms with Crippen LogP contribution in [0.25, 0.3) is 11.1 Å². The summed E-state index contributed by atoms with van der Waals surface area (Å²) >= 11 is 6.40. The van der Waals surface area contributed by atoms with E-state index in [1.54, 1.807) is 16.7 Å². The van der Waals surface area contributed by atoms with Crippen LogP contribution in [0.4, 0.5) is 0 Å². The fourth-order valence-electron chi connectivity index (χ4n) is 4.82. The number of nitrogens with zero attached hydrogens (tertiary/aromatic N) is 5.